The van der Waals surface area contributed by atoms with Crippen molar-refractivity contribution < 1.29 is 4.79 Å². The Morgan fingerprint density at radius 1 is 1.15 bits per heavy atom. The van der Waals surface area contributed by atoms with Gasteiger partial charge in [-0.05, 0) is 30.7 Å². The molecule has 4 aromatic rings. The summed E-state index contributed by atoms with van der Waals surface area (Å²) in [4.78, 5) is 16.6. The fraction of sp³-hybridized carbons (Fsp3) is 0.222. The van der Waals surface area contributed by atoms with Crippen LogP contribution in [0.3, 0.4) is 0 Å². The second kappa shape index (κ2) is 7.17. The van der Waals surface area contributed by atoms with Crippen LogP contribution in [0.2, 0.25) is 0 Å². The van der Waals surface area contributed by atoms with Gasteiger partial charge in [-0.25, -0.2) is 4.98 Å². The van der Waals surface area contributed by atoms with Crippen LogP contribution in [0.4, 0.5) is 0 Å². The van der Waals surface area contributed by atoms with E-state index in [9.17, 15) is 4.79 Å². The number of hydrogen-bond acceptors (Lipinski definition) is 5. The average Bonchev–Trinajstić information content (AvgIpc) is 3.23. The summed E-state index contributed by atoms with van der Waals surface area (Å²) in [7, 11) is 0. The van der Waals surface area contributed by atoms with Gasteiger partial charge >= 0.3 is 0 Å². The molecule has 4 aromatic heterocycles. The number of carbonyl (C=O) groups excluding carboxylic acids is 1. The maximum absolute atomic E-state index is 12.1. The van der Waals surface area contributed by atoms with E-state index < -0.39 is 0 Å². The first kappa shape index (κ1) is 16.6. The van der Waals surface area contributed by atoms with Gasteiger partial charge in [0.25, 0.3) is 0 Å². The zero-order valence-electron chi connectivity index (χ0n) is 14.3. The van der Waals surface area contributed by atoms with E-state index in [0.29, 0.717) is 18.1 Å². The van der Waals surface area contributed by atoms with Crippen molar-refractivity contribution in [3.63, 3.8) is 0 Å². The van der Waals surface area contributed by atoms with Gasteiger partial charge in [-0.2, -0.15) is 0 Å². The van der Waals surface area contributed by atoms with Crippen molar-refractivity contribution in [3.05, 3.63) is 66.0 Å². The molecule has 132 valence electrons. The molecule has 1 amide bonds. The number of hydrogen-bond donors (Lipinski definition) is 1. The van der Waals surface area contributed by atoms with Gasteiger partial charge in [0.15, 0.2) is 11.5 Å². The van der Waals surface area contributed by atoms with Gasteiger partial charge in [0.2, 0.25) is 5.91 Å². The number of aromatic nitrogens is 5. The molecule has 0 saturated heterocycles. The maximum Gasteiger partial charge on any atom is 0.230 e. The molecule has 0 unspecified atom stereocenters. The number of amides is 1. The van der Waals surface area contributed by atoms with Gasteiger partial charge in [-0.15, -0.1) is 22.0 Å². The van der Waals surface area contributed by atoms with E-state index in [-0.39, 0.29) is 5.91 Å². The topological polar surface area (TPSA) is 76.6 Å². The number of aryl methyl sites for hydroxylation is 1. The lowest BCUT2D eigenvalue weighted by Gasteiger charge is -2.03. The molecule has 4 rings (SSSR count). The Morgan fingerprint density at radius 2 is 2.08 bits per heavy atom. The van der Waals surface area contributed by atoms with Crippen molar-refractivity contribution in [1.29, 1.82) is 0 Å². The first-order valence-corrected chi connectivity index (χ1v) is 9.42. The molecule has 1 N–H and O–H groups in total. The van der Waals surface area contributed by atoms with E-state index in [0.717, 1.165) is 22.8 Å². The molecule has 26 heavy (non-hydrogen) atoms. The predicted octanol–water partition coefficient (Wildman–Crippen LogP) is 2.24. The van der Waals surface area contributed by atoms with Gasteiger partial charge in [0, 0.05) is 24.3 Å². The number of thioether (sulfide) groups is 1. The van der Waals surface area contributed by atoms with Gasteiger partial charge in [0.1, 0.15) is 5.65 Å². The number of nitrogens with one attached hydrogen (secondary N) is 1. The molecule has 0 fully saturated rings. The molecule has 8 heteroatoms. The summed E-state index contributed by atoms with van der Waals surface area (Å²) in [5.41, 5.74) is 3.86. The highest BCUT2D eigenvalue weighted by molar-refractivity contribution is 7.99. The van der Waals surface area contributed by atoms with E-state index in [2.05, 4.69) is 27.4 Å². The highest BCUT2D eigenvalue weighted by atomic mass is 32.2. The molecule has 0 aliphatic rings. The lowest BCUT2D eigenvalue weighted by molar-refractivity contribution is -0.118. The lowest BCUT2D eigenvalue weighted by Crippen LogP contribution is -2.25. The molecule has 0 spiro atoms. The second-order valence-corrected chi connectivity index (χ2v) is 7.00. The van der Waals surface area contributed by atoms with Crippen LogP contribution in [0, 0.1) is 6.92 Å². The van der Waals surface area contributed by atoms with E-state index in [1.165, 1.54) is 5.56 Å². The third-order valence-corrected chi connectivity index (χ3v) is 4.93. The Balaban J connectivity index is 1.28. The standard InChI is InChI=1S/C18H18N6OS/c1-13-5-6-15-20-14(10-23(15)9-13)11-26-12-18(25)19-8-17-22-21-16-4-2-3-7-24(16)17/h2-7,9-10H,8,11-12H2,1H3,(H,19,25). The molecule has 0 aliphatic heterocycles. The largest absolute Gasteiger partial charge is 0.348 e. The fourth-order valence-corrected chi connectivity index (χ4v) is 3.45. The Kier molecular flexibility index (Phi) is 4.57. The molecule has 0 aromatic carbocycles. The summed E-state index contributed by atoms with van der Waals surface area (Å²) >= 11 is 1.54. The molecule has 7 nitrogen and oxygen atoms in total. The Bertz CT molecular complexity index is 1070. The highest BCUT2D eigenvalue weighted by Gasteiger charge is 2.08. The maximum atomic E-state index is 12.1. The van der Waals surface area contributed by atoms with Crippen LogP contribution in [0.1, 0.15) is 17.1 Å². The van der Waals surface area contributed by atoms with Crippen LogP contribution >= 0.6 is 11.8 Å². The Labute approximate surface area is 154 Å². The second-order valence-electron chi connectivity index (χ2n) is 6.02. The number of rotatable bonds is 6. The third-order valence-electron chi connectivity index (χ3n) is 3.96. The van der Waals surface area contributed by atoms with Crippen molar-refractivity contribution >= 4 is 29.0 Å². The normalized spacial score (nSPS) is 11.3. The van der Waals surface area contributed by atoms with Crippen molar-refractivity contribution in [2.75, 3.05) is 5.75 Å². The van der Waals surface area contributed by atoms with Crippen LogP contribution < -0.4 is 5.32 Å². The van der Waals surface area contributed by atoms with Crippen molar-refractivity contribution in [3.8, 4) is 0 Å². The smallest absolute Gasteiger partial charge is 0.230 e. The van der Waals surface area contributed by atoms with E-state index in [1.54, 1.807) is 11.8 Å². The SMILES string of the molecule is Cc1ccc2nc(CSCC(=O)NCc3nnc4ccccn34)cn2c1. The van der Waals surface area contributed by atoms with E-state index >= 15 is 0 Å². The fourth-order valence-electron chi connectivity index (χ4n) is 2.71. The number of fused-ring (bicyclic) bond motifs is 2. The zero-order valence-corrected chi connectivity index (χ0v) is 15.1. The summed E-state index contributed by atoms with van der Waals surface area (Å²) in [6.45, 7) is 2.41. The van der Waals surface area contributed by atoms with Crippen molar-refractivity contribution in [1.82, 2.24) is 29.3 Å². The van der Waals surface area contributed by atoms with Crippen LogP contribution in [0.15, 0.2) is 48.9 Å². The lowest BCUT2D eigenvalue weighted by atomic mass is 10.3. The summed E-state index contributed by atoms with van der Waals surface area (Å²) in [6, 6.07) is 9.74. The quantitative estimate of drug-likeness (QED) is 0.566. The summed E-state index contributed by atoms with van der Waals surface area (Å²) in [5.74, 6) is 1.77. The molecule has 0 radical (unpaired) electrons. The first-order valence-electron chi connectivity index (χ1n) is 8.26. The van der Waals surface area contributed by atoms with Crippen LogP contribution in [-0.4, -0.2) is 35.6 Å². The van der Waals surface area contributed by atoms with Gasteiger partial charge in [-0.1, -0.05) is 12.1 Å². The van der Waals surface area contributed by atoms with Crippen molar-refractivity contribution in [2.24, 2.45) is 0 Å². The summed E-state index contributed by atoms with van der Waals surface area (Å²) < 4.78 is 3.88. The summed E-state index contributed by atoms with van der Waals surface area (Å²) in [5, 5.41) is 11.1. The number of carbonyl (C=O) groups is 1. The first-order chi connectivity index (χ1) is 12.7. The molecular weight excluding hydrogens is 348 g/mol. The molecule has 0 bridgehead atoms. The van der Waals surface area contributed by atoms with Crippen LogP contribution in [0.5, 0.6) is 0 Å². The zero-order chi connectivity index (χ0) is 17.9. The third kappa shape index (κ3) is 3.55. The van der Waals surface area contributed by atoms with E-state index in [4.69, 9.17) is 0 Å². The van der Waals surface area contributed by atoms with Crippen LogP contribution in [0.25, 0.3) is 11.3 Å². The molecule has 0 saturated carbocycles. The number of pyridine rings is 2. The Morgan fingerprint density at radius 3 is 3.00 bits per heavy atom. The Hall–Kier alpha value is -2.87. The summed E-state index contributed by atoms with van der Waals surface area (Å²) in [6.07, 6.45) is 5.94. The van der Waals surface area contributed by atoms with E-state index in [1.807, 2.05) is 57.7 Å². The molecule has 0 atom stereocenters. The molecular formula is C18H18N6OS. The van der Waals surface area contributed by atoms with Crippen LogP contribution in [-0.2, 0) is 17.1 Å². The van der Waals surface area contributed by atoms with Gasteiger partial charge in [0.05, 0.1) is 18.0 Å². The number of imidazole rings is 1. The van der Waals surface area contributed by atoms with Crippen molar-refractivity contribution in [2.45, 2.75) is 19.2 Å². The minimum absolute atomic E-state index is 0.0257. The minimum Gasteiger partial charge on any atom is -0.348 e. The molecule has 4 heterocycles. The highest BCUT2D eigenvalue weighted by Crippen LogP contribution is 2.13. The average molecular weight is 366 g/mol. The number of nitrogens with zero attached hydrogens (tertiary/aromatic N) is 5. The predicted molar refractivity (Wildman–Crippen MR) is 101 cm³/mol. The van der Waals surface area contributed by atoms with Gasteiger partial charge in [-0.3, -0.25) is 9.20 Å². The molecule has 0 aliphatic carbocycles. The monoisotopic (exact) mass is 366 g/mol. The van der Waals surface area contributed by atoms with Gasteiger partial charge < -0.3 is 9.72 Å². The minimum atomic E-state index is -0.0257.